The quantitative estimate of drug-likeness (QED) is 0.507. The van der Waals surface area contributed by atoms with Crippen LogP contribution >= 0.6 is 0 Å². The van der Waals surface area contributed by atoms with Crippen LogP contribution in [0, 0.1) is 11.8 Å². The molecule has 4 fully saturated rings. The summed E-state index contributed by atoms with van der Waals surface area (Å²) in [7, 11) is 0. The Morgan fingerprint density at radius 1 is 1.17 bits per heavy atom. The lowest BCUT2D eigenvalue weighted by Crippen LogP contribution is -2.70. The van der Waals surface area contributed by atoms with Crippen molar-refractivity contribution in [3.05, 3.63) is 54.4 Å². The highest BCUT2D eigenvalue weighted by molar-refractivity contribution is 5.64. The average molecular weight is 489 g/mol. The van der Waals surface area contributed by atoms with Gasteiger partial charge in [-0.05, 0) is 49.8 Å². The molecule has 0 radical (unpaired) electrons. The lowest BCUT2D eigenvalue weighted by molar-refractivity contribution is -0.186. The Hall–Kier alpha value is -2.97. The topological polar surface area (TPSA) is 91.3 Å². The van der Waals surface area contributed by atoms with Gasteiger partial charge < -0.3 is 19.8 Å². The Labute approximate surface area is 212 Å². The third kappa shape index (κ3) is 3.96. The van der Waals surface area contributed by atoms with Gasteiger partial charge in [-0.3, -0.25) is 9.88 Å². The summed E-state index contributed by atoms with van der Waals surface area (Å²) in [4.78, 5) is 16.6. The molecule has 3 aromatic heterocycles. The normalized spacial score (nSPS) is 26.3. The highest BCUT2D eigenvalue weighted by atomic mass is 16.5. The van der Waals surface area contributed by atoms with Gasteiger partial charge in [-0.2, -0.15) is 0 Å². The summed E-state index contributed by atoms with van der Waals surface area (Å²) in [6, 6.07) is 7.77. The van der Waals surface area contributed by atoms with E-state index in [1.54, 1.807) is 12.4 Å². The number of hydrogen-bond donors (Lipinski definition) is 1. The van der Waals surface area contributed by atoms with E-state index in [9.17, 15) is 0 Å². The molecule has 0 aromatic carbocycles. The first-order valence-corrected chi connectivity index (χ1v) is 13.2. The molecule has 36 heavy (non-hydrogen) atoms. The predicted molar refractivity (Wildman–Crippen MR) is 139 cm³/mol. The molecular weight excluding hydrogens is 452 g/mol. The van der Waals surface area contributed by atoms with Gasteiger partial charge in [0.1, 0.15) is 11.9 Å². The fraction of sp³-hybridized carbons (Fsp3) is 0.536. The van der Waals surface area contributed by atoms with E-state index < -0.39 is 0 Å². The Morgan fingerprint density at radius 3 is 2.64 bits per heavy atom. The number of anilines is 1. The van der Waals surface area contributed by atoms with Gasteiger partial charge in [0, 0.05) is 49.7 Å². The van der Waals surface area contributed by atoms with Crippen LogP contribution in [-0.4, -0.2) is 57.3 Å². The molecule has 3 aliphatic carbocycles. The minimum absolute atomic E-state index is 0.196. The molecule has 8 nitrogen and oxygen atoms in total. The third-order valence-corrected chi connectivity index (χ3v) is 8.36. The summed E-state index contributed by atoms with van der Waals surface area (Å²) < 4.78 is 14.3. The third-order valence-electron chi connectivity index (χ3n) is 8.36. The number of ether oxygens (including phenoxy) is 2. The molecule has 8 heteroatoms. The fourth-order valence-corrected chi connectivity index (χ4v) is 6.16. The first kappa shape index (κ1) is 23.4. The van der Waals surface area contributed by atoms with Gasteiger partial charge in [-0.25, -0.2) is 9.97 Å². The first-order chi connectivity index (χ1) is 17.4. The number of nitrogen functional groups attached to an aromatic ring is 1. The molecule has 2 N–H and O–H groups in total. The van der Waals surface area contributed by atoms with E-state index in [0.29, 0.717) is 23.4 Å². The average Bonchev–Trinajstić information content (AvgIpc) is 3.29. The van der Waals surface area contributed by atoms with Crippen LogP contribution in [0.4, 0.5) is 5.82 Å². The van der Waals surface area contributed by atoms with E-state index in [1.807, 2.05) is 31.2 Å². The van der Waals surface area contributed by atoms with Crippen LogP contribution in [0.1, 0.15) is 57.2 Å². The molecule has 1 saturated heterocycles. The maximum atomic E-state index is 6.19. The molecule has 3 aromatic rings. The second-order valence-electron chi connectivity index (χ2n) is 10.9. The van der Waals surface area contributed by atoms with E-state index in [1.165, 1.54) is 12.8 Å². The highest BCUT2D eigenvalue weighted by Gasteiger charge is 2.67. The lowest BCUT2D eigenvalue weighted by atomic mass is 9.42. The number of nitrogens with zero attached hydrogens (tertiary/aromatic N) is 5. The SMILES string of the molecule is CC(C)c1nc(-c2cnc(N)c(OC(C)c3ccccn3)c2)cn1C12CC(C1)C2CN1CCOCC1. The Kier molecular flexibility index (Phi) is 5.96. The molecule has 2 unspecified atom stereocenters. The van der Waals surface area contributed by atoms with Crippen LogP contribution in [0.25, 0.3) is 11.3 Å². The van der Waals surface area contributed by atoms with Crippen LogP contribution in [0.2, 0.25) is 0 Å². The van der Waals surface area contributed by atoms with Crippen molar-refractivity contribution in [3.63, 3.8) is 0 Å². The van der Waals surface area contributed by atoms with Crippen molar-refractivity contribution in [2.45, 2.75) is 51.2 Å². The highest BCUT2D eigenvalue weighted by Crippen LogP contribution is 2.67. The van der Waals surface area contributed by atoms with E-state index in [-0.39, 0.29) is 11.6 Å². The van der Waals surface area contributed by atoms with Gasteiger partial charge >= 0.3 is 0 Å². The van der Waals surface area contributed by atoms with Crippen LogP contribution in [0.5, 0.6) is 5.75 Å². The summed E-state index contributed by atoms with van der Waals surface area (Å²) >= 11 is 0. The Balaban J connectivity index is 1.27. The van der Waals surface area contributed by atoms with Crippen molar-refractivity contribution in [3.8, 4) is 17.0 Å². The van der Waals surface area contributed by atoms with E-state index >= 15 is 0 Å². The zero-order valence-electron chi connectivity index (χ0n) is 21.4. The van der Waals surface area contributed by atoms with Crippen molar-refractivity contribution in [1.82, 2.24) is 24.4 Å². The molecule has 0 spiro atoms. The zero-order valence-corrected chi connectivity index (χ0v) is 21.4. The zero-order chi connectivity index (χ0) is 24.9. The predicted octanol–water partition coefficient (Wildman–Crippen LogP) is 4.25. The number of rotatable bonds is 8. The summed E-state index contributed by atoms with van der Waals surface area (Å²) in [6.45, 7) is 11.4. The number of pyridine rings is 2. The summed E-state index contributed by atoms with van der Waals surface area (Å²) in [5.41, 5.74) is 9.09. The number of aromatic nitrogens is 4. The molecule has 2 bridgehead atoms. The number of morpholine rings is 1. The van der Waals surface area contributed by atoms with Gasteiger partial charge in [-0.1, -0.05) is 19.9 Å². The second-order valence-corrected chi connectivity index (χ2v) is 10.9. The minimum Gasteiger partial charge on any atom is -0.481 e. The van der Waals surface area contributed by atoms with Gasteiger partial charge in [0.2, 0.25) is 0 Å². The van der Waals surface area contributed by atoms with Crippen molar-refractivity contribution in [2.75, 3.05) is 38.6 Å². The maximum Gasteiger partial charge on any atom is 0.166 e. The minimum atomic E-state index is -0.240. The molecule has 3 saturated carbocycles. The van der Waals surface area contributed by atoms with Crippen molar-refractivity contribution >= 4 is 5.82 Å². The smallest absolute Gasteiger partial charge is 0.166 e. The number of imidazole rings is 1. The van der Waals surface area contributed by atoms with Gasteiger partial charge in [-0.15, -0.1) is 0 Å². The standard InChI is InChI=1S/C28H36N6O2/c1-18(2)27-32-24(17-34(27)28-13-21(14-28)22(28)16-33-8-10-35-11-9-33)20-12-25(26(29)31-15-20)36-19(3)23-6-4-5-7-30-23/h4-7,12,15,17-19,21-22H,8-11,13-14,16H2,1-3H3,(H2,29,31). The summed E-state index contributed by atoms with van der Waals surface area (Å²) in [5.74, 6) is 3.94. The van der Waals surface area contributed by atoms with Crippen LogP contribution in [0.3, 0.4) is 0 Å². The van der Waals surface area contributed by atoms with E-state index in [2.05, 4.69) is 39.5 Å². The summed E-state index contributed by atoms with van der Waals surface area (Å²) in [5, 5.41) is 0. The molecule has 7 rings (SSSR count). The number of hydrogen-bond acceptors (Lipinski definition) is 7. The molecule has 4 aliphatic rings. The summed E-state index contributed by atoms with van der Waals surface area (Å²) in [6.07, 6.45) is 8.09. The molecule has 0 amide bonds. The second kappa shape index (κ2) is 9.16. The van der Waals surface area contributed by atoms with Crippen molar-refractivity contribution in [1.29, 1.82) is 0 Å². The van der Waals surface area contributed by atoms with Crippen molar-refractivity contribution < 1.29 is 9.47 Å². The monoisotopic (exact) mass is 488 g/mol. The number of nitrogens with two attached hydrogens (primary N) is 1. The van der Waals surface area contributed by atoms with Gasteiger partial charge in [0.15, 0.2) is 11.6 Å². The lowest BCUT2D eigenvalue weighted by Gasteiger charge is -2.70. The van der Waals surface area contributed by atoms with Crippen molar-refractivity contribution in [2.24, 2.45) is 11.8 Å². The largest absolute Gasteiger partial charge is 0.481 e. The molecule has 2 atom stereocenters. The molecule has 1 aliphatic heterocycles. The molecule has 190 valence electrons. The van der Waals surface area contributed by atoms with Gasteiger partial charge in [0.25, 0.3) is 0 Å². The fourth-order valence-electron chi connectivity index (χ4n) is 6.16. The van der Waals surface area contributed by atoms with Crippen LogP contribution in [-0.2, 0) is 10.3 Å². The van der Waals surface area contributed by atoms with E-state index in [4.69, 9.17) is 20.2 Å². The van der Waals surface area contributed by atoms with Crippen LogP contribution in [0.15, 0.2) is 42.9 Å². The van der Waals surface area contributed by atoms with E-state index in [0.717, 1.165) is 61.5 Å². The maximum absolute atomic E-state index is 6.19. The Morgan fingerprint density at radius 2 is 1.97 bits per heavy atom. The Bertz CT molecular complexity index is 1210. The van der Waals surface area contributed by atoms with Gasteiger partial charge in [0.05, 0.1) is 30.1 Å². The molecule has 4 heterocycles. The molecular formula is C28H36N6O2. The van der Waals surface area contributed by atoms with Crippen LogP contribution < -0.4 is 10.5 Å². The first-order valence-electron chi connectivity index (χ1n) is 13.2.